The molecule has 178 valence electrons. The minimum atomic E-state index is -0.175. The fourth-order valence-electron chi connectivity index (χ4n) is 3.45. The van der Waals surface area contributed by atoms with Crippen molar-refractivity contribution in [3.05, 3.63) is 35.5 Å². The van der Waals surface area contributed by atoms with E-state index >= 15 is 0 Å². The third kappa shape index (κ3) is 7.25. The summed E-state index contributed by atoms with van der Waals surface area (Å²) in [7, 11) is 1.67. The van der Waals surface area contributed by atoms with Crippen LogP contribution in [0, 0.1) is 0 Å². The molecule has 2 N–H and O–H groups in total. The Hall–Kier alpha value is -2.04. The van der Waals surface area contributed by atoms with Gasteiger partial charge in [0.15, 0.2) is 23.3 Å². The summed E-state index contributed by atoms with van der Waals surface area (Å²) in [5.74, 6) is 3.45. The molecule has 1 aromatic heterocycles. The quantitative estimate of drug-likeness (QED) is 0.279. The van der Waals surface area contributed by atoms with E-state index in [9.17, 15) is 0 Å². The zero-order chi connectivity index (χ0) is 22.3. The van der Waals surface area contributed by atoms with E-state index in [0.717, 1.165) is 36.4 Å². The highest BCUT2D eigenvalue weighted by atomic mass is 127. The van der Waals surface area contributed by atoms with Crippen LogP contribution < -0.4 is 20.1 Å². The summed E-state index contributed by atoms with van der Waals surface area (Å²) in [5.41, 5.74) is 0.823. The molecule has 1 fully saturated rings. The molecule has 0 saturated heterocycles. The molecule has 8 nitrogen and oxygen atoms in total. The standard InChI is InChI=1S/C23H35N5O3.HI/c1-6-24-22(26-15-19-27-21(31-28-19)23(2,3)4)25-14-16-10-9-13-18(29-5)20(16)30-17-11-7-8-12-17;/h9-10,13,17H,6-8,11-12,14-15H2,1-5H3,(H2,24,25,26);1H. The van der Waals surface area contributed by atoms with Crippen LogP contribution in [0.4, 0.5) is 0 Å². The Bertz CT molecular complexity index is 873. The Kier molecular flexibility index (Phi) is 10.0. The van der Waals surface area contributed by atoms with Gasteiger partial charge in [-0.15, -0.1) is 24.0 Å². The van der Waals surface area contributed by atoms with Crippen LogP contribution in [-0.4, -0.2) is 35.9 Å². The van der Waals surface area contributed by atoms with Crippen molar-refractivity contribution in [1.82, 2.24) is 20.8 Å². The Labute approximate surface area is 208 Å². The van der Waals surface area contributed by atoms with Crippen molar-refractivity contribution in [2.75, 3.05) is 13.7 Å². The lowest BCUT2D eigenvalue weighted by Gasteiger charge is -2.19. The molecule has 3 rings (SSSR count). The number of methoxy groups -OCH3 is 1. The number of guanidine groups is 1. The molecular weight excluding hydrogens is 521 g/mol. The second-order valence-corrected chi connectivity index (χ2v) is 8.79. The summed E-state index contributed by atoms with van der Waals surface area (Å²) >= 11 is 0. The van der Waals surface area contributed by atoms with E-state index in [1.54, 1.807) is 7.11 Å². The molecule has 0 amide bonds. The monoisotopic (exact) mass is 557 g/mol. The number of benzene rings is 1. The van der Waals surface area contributed by atoms with E-state index in [2.05, 4.69) is 20.8 Å². The molecule has 0 aliphatic heterocycles. The number of hydrogen-bond acceptors (Lipinski definition) is 6. The van der Waals surface area contributed by atoms with E-state index in [1.165, 1.54) is 12.8 Å². The van der Waals surface area contributed by atoms with Crippen LogP contribution in [0.1, 0.15) is 70.7 Å². The lowest BCUT2D eigenvalue weighted by molar-refractivity contribution is 0.198. The Morgan fingerprint density at radius 1 is 1.22 bits per heavy atom. The molecule has 0 spiro atoms. The predicted molar refractivity (Wildman–Crippen MR) is 136 cm³/mol. The summed E-state index contributed by atoms with van der Waals surface area (Å²) in [5, 5.41) is 10.6. The van der Waals surface area contributed by atoms with Crippen LogP contribution in [-0.2, 0) is 18.5 Å². The second-order valence-electron chi connectivity index (χ2n) is 8.79. The number of nitrogens with zero attached hydrogens (tertiary/aromatic N) is 3. The maximum Gasteiger partial charge on any atom is 0.232 e. The summed E-state index contributed by atoms with van der Waals surface area (Å²) in [6, 6.07) is 5.94. The van der Waals surface area contributed by atoms with Crippen molar-refractivity contribution >= 4 is 29.9 Å². The second kappa shape index (κ2) is 12.3. The highest BCUT2D eigenvalue weighted by molar-refractivity contribution is 14.0. The molecular formula is C23H36IN5O3. The first kappa shape index (κ1) is 26.2. The zero-order valence-corrected chi connectivity index (χ0v) is 22.1. The summed E-state index contributed by atoms with van der Waals surface area (Å²) < 4.78 is 17.2. The maximum atomic E-state index is 6.32. The third-order valence-electron chi connectivity index (χ3n) is 5.14. The van der Waals surface area contributed by atoms with Crippen LogP contribution in [0.3, 0.4) is 0 Å². The average molecular weight is 557 g/mol. The van der Waals surface area contributed by atoms with Gasteiger partial charge in [0.1, 0.15) is 0 Å². The van der Waals surface area contributed by atoms with Crippen molar-refractivity contribution in [3.63, 3.8) is 0 Å². The molecule has 1 heterocycles. The van der Waals surface area contributed by atoms with Crippen LogP contribution in [0.25, 0.3) is 0 Å². The fourth-order valence-corrected chi connectivity index (χ4v) is 3.45. The number of aromatic nitrogens is 2. The van der Waals surface area contributed by atoms with Gasteiger partial charge in [-0.2, -0.15) is 4.98 Å². The number of ether oxygens (including phenoxy) is 2. The molecule has 1 saturated carbocycles. The van der Waals surface area contributed by atoms with Gasteiger partial charge in [0, 0.05) is 17.5 Å². The molecule has 0 atom stereocenters. The highest BCUT2D eigenvalue weighted by Gasteiger charge is 2.22. The van der Waals surface area contributed by atoms with Crippen molar-refractivity contribution in [3.8, 4) is 11.5 Å². The van der Waals surface area contributed by atoms with Crippen molar-refractivity contribution in [2.45, 2.75) is 78.0 Å². The Morgan fingerprint density at radius 2 is 1.97 bits per heavy atom. The van der Waals surface area contributed by atoms with Gasteiger partial charge in [0.25, 0.3) is 0 Å². The van der Waals surface area contributed by atoms with Crippen LogP contribution in [0.2, 0.25) is 0 Å². The van der Waals surface area contributed by atoms with Gasteiger partial charge in [-0.05, 0) is 38.7 Å². The Morgan fingerprint density at radius 3 is 2.59 bits per heavy atom. The number of aliphatic imine (C=N–C) groups is 1. The first-order valence-corrected chi connectivity index (χ1v) is 11.1. The van der Waals surface area contributed by atoms with Crippen molar-refractivity contribution in [2.24, 2.45) is 4.99 Å². The summed E-state index contributed by atoms with van der Waals surface area (Å²) in [4.78, 5) is 9.20. The smallest absolute Gasteiger partial charge is 0.232 e. The van der Waals surface area contributed by atoms with E-state index < -0.39 is 0 Å². The van der Waals surface area contributed by atoms with Gasteiger partial charge in [-0.3, -0.25) is 0 Å². The summed E-state index contributed by atoms with van der Waals surface area (Å²) in [6.07, 6.45) is 4.86. The zero-order valence-electron chi connectivity index (χ0n) is 19.7. The minimum Gasteiger partial charge on any atom is -0.493 e. The van der Waals surface area contributed by atoms with Gasteiger partial charge >= 0.3 is 0 Å². The molecule has 0 unspecified atom stereocenters. The van der Waals surface area contributed by atoms with Crippen LogP contribution in [0.15, 0.2) is 27.7 Å². The third-order valence-corrected chi connectivity index (χ3v) is 5.14. The molecule has 1 aromatic carbocycles. The molecule has 1 aliphatic rings. The minimum absolute atomic E-state index is 0. The lowest BCUT2D eigenvalue weighted by atomic mass is 9.97. The number of nitrogens with one attached hydrogen (secondary N) is 2. The molecule has 0 bridgehead atoms. The number of halogens is 1. The van der Waals surface area contributed by atoms with Crippen molar-refractivity contribution in [1.29, 1.82) is 0 Å². The summed E-state index contributed by atoms with van der Waals surface area (Å²) in [6.45, 7) is 9.80. The number of hydrogen-bond donors (Lipinski definition) is 2. The lowest BCUT2D eigenvalue weighted by Crippen LogP contribution is -2.37. The molecule has 32 heavy (non-hydrogen) atoms. The maximum absolute atomic E-state index is 6.32. The molecule has 0 radical (unpaired) electrons. The van der Waals surface area contributed by atoms with Crippen LogP contribution in [0.5, 0.6) is 11.5 Å². The number of para-hydroxylation sites is 1. The first-order chi connectivity index (χ1) is 14.9. The van der Waals surface area contributed by atoms with Crippen LogP contribution >= 0.6 is 24.0 Å². The van der Waals surface area contributed by atoms with Crippen molar-refractivity contribution < 1.29 is 14.0 Å². The van der Waals surface area contributed by atoms with E-state index in [1.807, 2.05) is 45.9 Å². The predicted octanol–water partition coefficient (Wildman–Crippen LogP) is 4.57. The number of rotatable bonds is 8. The van der Waals surface area contributed by atoms with E-state index in [4.69, 9.17) is 19.0 Å². The fraction of sp³-hybridized carbons (Fsp3) is 0.609. The van der Waals surface area contributed by atoms with Gasteiger partial charge in [0.05, 0.1) is 26.3 Å². The largest absolute Gasteiger partial charge is 0.493 e. The van der Waals surface area contributed by atoms with Gasteiger partial charge in [-0.1, -0.05) is 38.1 Å². The first-order valence-electron chi connectivity index (χ1n) is 11.1. The SMILES string of the molecule is CCNC(=NCc1cccc(OC)c1OC1CCCC1)NCc1noc(C(C)(C)C)n1.I. The van der Waals surface area contributed by atoms with Gasteiger partial charge in [-0.25, -0.2) is 4.99 Å². The van der Waals surface area contributed by atoms with Gasteiger partial charge < -0.3 is 24.6 Å². The topological polar surface area (TPSA) is 93.8 Å². The Balaban J connectivity index is 0.00000363. The molecule has 9 heteroatoms. The average Bonchev–Trinajstić information content (AvgIpc) is 3.42. The normalized spacial score (nSPS) is 14.7. The molecule has 1 aliphatic carbocycles. The van der Waals surface area contributed by atoms with E-state index in [0.29, 0.717) is 30.8 Å². The highest BCUT2D eigenvalue weighted by Crippen LogP contribution is 2.35. The molecule has 2 aromatic rings. The van der Waals surface area contributed by atoms with Gasteiger partial charge in [0.2, 0.25) is 5.89 Å². The van der Waals surface area contributed by atoms with E-state index in [-0.39, 0.29) is 35.5 Å².